The van der Waals surface area contributed by atoms with Crippen LogP contribution in [0.3, 0.4) is 0 Å². The van der Waals surface area contributed by atoms with Crippen molar-refractivity contribution in [3.05, 3.63) is 210 Å². The Morgan fingerprint density at radius 1 is 0.333 bits per heavy atom. The first-order chi connectivity index (χ1) is 30.7. The van der Waals surface area contributed by atoms with Crippen molar-refractivity contribution in [1.29, 1.82) is 0 Å². The fourth-order valence-corrected chi connectivity index (χ4v) is 11.1. The minimum absolute atomic E-state index is 0.154. The molecule has 0 bridgehead atoms. The van der Waals surface area contributed by atoms with Crippen molar-refractivity contribution < 1.29 is 8.83 Å². The van der Waals surface area contributed by atoms with Crippen molar-refractivity contribution >= 4 is 60.9 Å². The summed E-state index contributed by atoms with van der Waals surface area (Å²) in [6, 6.07) is 68.5. The molecule has 2 heterocycles. The Morgan fingerprint density at radius 2 is 0.794 bits per heavy atom. The predicted molar refractivity (Wildman–Crippen MR) is 262 cm³/mol. The van der Waals surface area contributed by atoms with E-state index in [4.69, 9.17) is 8.83 Å². The third-order valence-electron chi connectivity index (χ3n) is 14.3. The van der Waals surface area contributed by atoms with Gasteiger partial charge in [0.1, 0.15) is 22.3 Å². The van der Waals surface area contributed by atoms with Crippen LogP contribution in [0.2, 0.25) is 0 Å². The molecule has 0 atom stereocenters. The number of fused-ring (bicyclic) bond motifs is 12. The number of rotatable bonds is 5. The van der Waals surface area contributed by atoms with E-state index in [1.54, 1.807) is 0 Å². The minimum Gasteiger partial charge on any atom is -0.456 e. The number of anilines is 3. The normalized spacial score (nSPS) is 14.3. The van der Waals surface area contributed by atoms with Crippen LogP contribution in [0, 0.1) is 0 Å². The Kier molecular flexibility index (Phi) is 7.42. The molecule has 0 N–H and O–H groups in total. The molecule has 0 saturated carbocycles. The summed E-state index contributed by atoms with van der Waals surface area (Å²) in [6.07, 6.45) is 0. The molecule has 13 rings (SSSR count). The molecule has 0 fully saturated rings. The fraction of sp³-hybridized carbons (Fsp3) is 0.100. The molecule has 0 spiro atoms. The van der Waals surface area contributed by atoms with Crippen LogP contribution in [0.25, 0.3) is 88.4 Å². The third kappa shape index (κ3) is 5.14. The third-order valence-corrected chi connectivity index (χ3v) is 14.3. The number of furan rings is 2. The molecule has 0 amide bonds. The van der Waals surface area contributed by atoms with Crippen LogP contribution in [-0.2, 0) is 10.8 Å². The molecular weight excluding hydrogens is 767 g/mol. The molecule has 0 unspecified atom stereocenters. The zero-order valence-electron chi connectivity index (χ0n) is 35.7. The van der Waals surface area contributed by atoms with Gasteiger partial charge in [0.2, 0.25) is 0 Å². The molecule has 2 aliphatic carbocycles. The maximum atomic E-state index is 6.88. The summed E-state index contributed by atoms with van der Waals surface area (Å²) >= 11 is 0. The SMILES string of the molecule is CC1(C)c2ccccc2-c2ccc(N(c3ccc4c(c3)C(C)(C)c3ccccc3-4)c3cccc4oc5cc6c(cc5c34)oc3cccc(-c4ccc(-c5ccccc5)cc4)c36)cc21. The number of hydrogen-bond donors (Lipinski definition) is 0. The number of nitrogens with zero attached hydrogens (tertiary/aromatic N) is 1. The lowest BCUT2D eigenvalue weighted by atomic mass is 9.82. The Bertz CT molecular complexity index is 3570. The lowest BCUT2D eigenvalue weighted by Crippen LogP contribution is -2.18. The van der Waals surface area contributed by atoms with Crippen LogP contribution in [0.1, 0.15) is 49.9 Å². The van der Waals surface area contributed by atoms with E-state index in [1.165, 1.54) is 55.6 Å². The smallest absolute Gasteiger partial charge is 0.137 e. The van der Waals surface area contributed by atoms with Gasteiger partial charge in [-0.15, -0.1) is 0 Å². The van der Waals surface area contributed by atoms with Crippen molar-refractivity contribution in [3.63, 3.8) is 0 Å². The van der Waals surface area contributed by atoms with Gasteiger partial charge in [-0.3, -0.25) is 0 Å². The highest BCUT2D eigenvalue weighted by atomic mass is 16.3. The van der Waals surface area contributed by atoms with Gasteiger partial charge in [-0.2, -0.15) is 0 Å². The van der Waals surface area contributed by atoms with Crippen molar-refractivity contribution in [2.75, 3.05) is 4.90 Å². The van der Waals surface area contributed by atoms with Gasteiger partial charge in [-0.1, -0.05) is 161 Å². The molecule has 2 aliphatic rings. The molecule has 3 nitrogen and oxygen atoms in total. The van der Waals surface area contributed by atoms with Crippen molar-refractivity contribution in [2.45, 2.75) is 38.5 Å². The quantitative estimate of drug-likeness (QED) is 0.173. The van der Waals surface area contributed by atoms with E-state index in [0.29, 0.717) is 0 Å². The van der Waals surface area contributed by atoms with E-state index < -0.39 is 0 Å². The van der Waals surface area contributed by atoms with Gasteiger partial charge in [0.25, 0.3) is 0 Å². The molecular formula is C60H43NO2. The lowest BCUT2D eigenvalue weighted by Gasteiger charge is -2.30. The van der Waals surface area contributed by atoms with E-state index in [0.717, 1.165) is 72.1 Å². The average molecular weight is 810 g/mol. The van der Waals surface area contributed by atoms with E-state index in [9.17, 15) is 0 Å². The first-order valence-corrected chi connectivity index (χ1v) is 22.0. The lowest BCUT2D eigenvalue weighted by molar-refractivity contribution is 0.660. The highest BCUT2D eigenvalue weighted by Crippen LogP contribution is 2.54. The van der Waals surface area contributed by atoms with Crippen LogP contribution in [0.5, 0.6) is 0 Å². The van der Waals surface area contributed by atoms with Crippen molar-refractivity contribution in [2.24, 2.45) is 0 Å². The van der Waals surface area contributed by atoms with Gasteiger partial charge in [-0.05, 0) is 121 Å². The monoisotopic (exact) mass is 809 g/mol. The van der Waals surface area contributed by atoms with Gasteiger partial charge in [0.15, 0.2) is 0 Å². The predicted octanol–water partition coefficient (Wildman–Crippen LogP) is 16.9. The molecule has 63 heavy (non-hydrogen) atoms. The van der Waals surface area contributed by atoms with Crippen molar-refractivity contribution in [1.82, 2.24) is 0 Å². The van der Waals surface area contributed by atoms with Crippen LogP contribution in [-0.4, -0.2) is 0 Å². The molecule has 9 aromatic carbocycles. The topological polar surface area (TPSA) is 29.5 Å². The summed E-state index contributed by atoms with van der Waals surface area (Å²) in [5, 5.41) is 4.21. The largest absolute Gasteiger partial charge is 0.456 e. The van der Waals surface area contributed by atoms with Gasteiger partial charge in [0, 0.05) is 38.4 Å². The Morgan fingerprint density at radius 3 is 1.40 bits per heavy atom. The average Bonchev–Trinajstić information content (AvgIpc) is 4.01. The molecule has 3 heteroatoms. The Labute approximate surface area is 366 Å². The first-order valence-electron chi connectivity index (χ1n) is 22.0. The van der Waals surface area contributed by atoms with Crippen LogP contribution in [0.15, 0.2) is 197 Å². The molecule has 0 saturated heterocycles. The molecule has 0 radical (unpaired) electrons. The van der Waals surface area contributed by atoms with Gasteiger partial charge in [-0.25, -0.2) is 0 Å². The summed E-state index contributed by atoms with van der Waals surface area (Å²) in [5.74, 6) is 0. The maximum Gasteiger partial charge on any atom is 0.137 e. The van der Waals surface area contributed by atoms with Crippen LogP contribution >= 0.6 is 0 Å². The van der Waals surface area contributed by atoms with E-state index >= 15 is 0 Å². The molecule has 2 aromatic heterocycles. The van der Waals surface area contributed by atoms with Gasteiger partial charge < -0.3 is 13.7 Å². The van der Waals surface area contributed by atoms with Crippen molar-refractivity contribution in [3.8, 4) is 44.5 Å². The highest BCUT2D eigenvalue weighted by molar-refractivity contribution is 6.20. The van der Waals surface area contributed by atoms with Crippen LogP contribution < -0.4 is 4.90 Å². The first kappa shape index (κ1) is 36.1. The highest BCUT2D eigenvalue weighted by Gasteiger charge is 2.38. The van der Waals surface area contributed by atoms with E-state index in [2.05, 4.69) is 221 Å². The zero-order chi connectivity index (χ0) is 42.2. The second-order valence-corrected chi connectivity index (χ2v) is 18.5. The molecule has 0 aliphatic heterocycles. The Hall–Kier alpha value is -7.62. The summed E-state index contributed by atoms with van der Waals surface area (Å²) in [5.41, 5.74) is 21.6. The summed E-state index contributed by atoms with van der Waals surface area (Å²) in [4.78, 5) is 2.45. The second-order valence-electron chi connectivity index (χ2n) is 18.5. The Balaban J connectivity index is 1.01. The number of benzene rings is 9. The summed E-state index contributed by atoms with van der Waals surface area (Å²) < 4.78 is 13.6. The minimum atomic E-state index is -0.154. The summed E-state index contributed by atoms with van der Waals surface area (Å²) in [7, 11) is 0. The standard InChI is InChI=1S/C60H43NO2/c1-59(2)48-19-10-8-16-42(48)44-30-28-39(32-50(44)59)61(40-29-31-45-43-17-9-11-20-49(43)60(3,4)51(45)33-40)52-21-13-23-54-58(52)47-35-55-46(34-56(47)63-54)57-41(18-12-22-53(57)62-55)38-26-24-37(25-27-38)36-14-6-5-7-15-36/h5-35H,1-4H3. The molecule has 11 aromatic rings. The zero-order valence-corrected chi connectivity index (χ0v) is 35.7. The molecule has 300 valence electrons. The van der Waals surface area contributed by atoms with E-state index in [1.807, 2.05) is 0 Å². The second kappa shape index (κ2) is 13.0. The van der Waals surface area contributed by atoms with E-state index in [-0.39, 0.29) is 10.8 Å². The van der Waals surface area contributed by atoms with Crippen LogP contribution in [0.4, 0.5) is 17.1 Å². The van der Waals surface area contributed by atoms with Gasteiger partial charge >= 0.3 is 0 Å². The van der Waals surface area contributed by atoms with Gasteiger partial charge in [0.05, 0.1) is 11.1 Å². The number of hydrogen-bond acceptors (Lipinski definition) is 3. The fourth-order valence-electron chi connectivity index (χ4n) is 11.1. The summed E-state index contributed by atoms with van der Waals surface area (Å²) in [6.45, 7) is 9.42. The maximum absolute atomic E-state index is 6.88.